The second kappa shape index (κ2) is 8.97. The molecule has 166 valence electrons. The number of nitrogens with zero attached hydrogens (tertiary/aromatic N) is 3. The fourth-order valence-corrected chi connectivity index (χ4v) is 4.13. The van der Waals surface area contributed by atoms with Crippen LogP contribution in [0.3, 0.4) is 0 Å². The number of hydrogen-bond donors (Lipinski definition) is 1. The summed E-state index contributed by atoms with van der Waals surface area (Å²) in [6.07, 6.45) is 1.71. The number of primary amides is 1. The Labute approximate surface area is 201 Å². The SMILES string of the molecule is Cc1noc2c1-c1ccc(C#Cc3ccccn3)cc1C(c1ccc(Cl)cc1)=N[C@H]2CC(N)=O. The molecule has 6 nitrogen and oxygen atoms in total. The number of aryl methyl sites for hydroxylation is 1. The molecule has 1 atom stereocenters. The van der Waals surface area contributed by atoms with Gasteiger partial charge in [0.1, 0.15) is 11.7 Å². The maximum Gasteiger partial charge on any atom is 0.220 e. The zero-order valence-corrected chi connectivity index (χ0v) is 19.0. The molecule has 34 heavy (non-hydrogen) atoms. The minimum Gasteiger partial charge on any atom is -0.370 e. The lowest BCUT2D eigenvalue weighted by Gasteiger charge is -2.12. The van der Waals surface area contributed by atoms with Crippen molar-refractivity contribution in [2.75, 3.05) is 0 Å². The van der Waals surface area contributed by atoms with E-state index >= 15 is 0 Å². The molecule has 0 saturated carbocycles. The van der Waals surface area contributed by atoms with Gasteiger partial charge in [0.05, 0.1) is 23.4 Å². The molecule has 2 aromatic carbocycles. The second-order valence-corrected chi connectivity index (χ2v) is 8.34. The molecule has 2 N–H and O–H groups in total. The number of hydrogen-bond acceptors (Lipinski definition) is 5. The summed E-state index contributed by atoms with van der Waals surface area (Å²) in [6.45, 7) is 1.87. The summed E-state index contributed by atoms with van der Waals surface area (Å²) >= 11 is 6.13. The van der Waals surface area contributed by atoms with E-state index in [0.29, 0.717) is 27.9 Å². The van der Waals surface area contributed by atoms with Crippen LogP contribution in [0.4, 0.5) is 0 Å². The first kappa shape index (κ1) is 21.6. The van der Waals surface area contributed by atoms with E-state index in [-0.39, 0.29) is 6.42 Å². The molecule has 3 heterocycles. The first-order chi connectivity index (χ1) is 16.5. The van der Waals surface area contributed by atoms with E-state index in [2.05, 4.69) is 22.0 Å². The molecule has 2 aromatic heterocycles. The van der Waals surface area contributed by atoms with Gasteiger partial charge in [0.15, 0.2) is 5.76 Å². The molecule has 1 aliphatic heterocycles. The first-order valence-corrected chi connectivity index (χ1v) is 11.0. The maximum atomic E-state index is 11.9. The molecule has 7 heteroatoms. The second-order valence-electron chi connectivity index (χ2n) is 7.90. The normalized spacial score (nSPS) is 14.2. The molecule has 0 spiro atoms. The van der Waals surface area contributed by atoms with Gasteiger partial charge in [0.25, 0.3) is 0 Å². The molecule has 0 fully saturated rings. The van der Waals surface area contributed by atoms with E-state index in [0.717, 1.165) is 27.8 Å². The molecule has 0 saturated heterocycles. The zero-order valence-electron chi connectivity index (χ0n) is 18.2. The smallest absolute Gasteiger partial charge is 0.220 e. The third-order valence-electron chi connectivity index (χ3n) is 5.53. The summed E-state index contributed by atoms with van der Waals surface area (Å²) in [6, 6.07) is 18.3. The van der Waals surface area contributed by atoms with Crippen LogP contribution in [0, 0.1) is 18.8 Å². The average Bonchev–Trinajstić information content (AvgIpc) is 3.16. The fraction of sp³-hybridized carbons (Fsp3) is 0.111. The number of amides is 1. The van der Waals surface area contributed by atoms with Gasteiger partial charge >= 0.3 is 0 Å². The summed E-state index contributed by atoms with van der Waals surface area (Å²) in [5, 5.41) is 4.77. The summed E-state index contributed by atoms with van der Waals surface area (Å²) in [5.74, 6) is 6.33. The van der Waals surface area contributed by atoms with Crippen molar-refractivity contribution in [3.63, 3.8) is 0 Å². The number of benzene rings is 2. The Balaban J connectivity index is 1.72. The molecule has 4 aromatic rings. The Hall–Kier alpha value is -4.21. The molecular formula is C27H19ClN4O2. The van der Waals surface area contributed by atoms with E-state index in [1.165, 1.54) is 0 Å². The number of nitrogens with two attached hydrogens (primary N) is 1. The monoisotopic (exact) mass is 466 g/mol. The molecule has 1 amide bonds. The highest BCUT2D eigenvalue weighted by Gasteiger charge is 2.31. The highest BCUT2D eigenvalue weighted by Crippen LogP contribution is 2.41. The number of aliphatic imine (C=N–C) groups is 1. The predicted octanol–water partition coefficient (Wildman–Crippen LogP) is 4.87. The van der Waals surface area contributed by atoms with E-state index in [1.807, 2.05) is 67.6 Å². The summed E-state index contributed by atoms with van der Waals surface area (Å²) < 4.78 is 5.65. The van der Waals surface area contributed by atoms with Crippen LogP contribution in [0.1, 0.15) is 46.3 Å². The van der Waals surface area contributed by atoms with Crippen molar-refractivity contribution < 1.29 is 9.32 Å². The topological polar surface area (TPSA) is 94.4 Å². The molecule has 5 rings (SSSR count). The summed E-state index contributed by atoms with van der Waals surface area (Å²) in [7, 11) is 0. The first-order valence-electron chi connectivity index (χ1n) is 10.7. The standard InChI is InChI=1S/C27H19ClN4O2/c1-16-25-21-12-6-17(5-11-20-4-2-3-13-30-20)14-22(21)26(18-7-9-19(28)10-8-18)31-23(15-24(29)33)27(25)34-32-16/h2-4,6-10,12-14,23H,15H2,1H3,(H2,29,33)/t23-/m0/s1. The molecule has 1 aliphatic rings. The highest BCUT2D eigenvalue weighted by atomic mass is 35.5. The van der Waals surface area contributed by atoms with E-state index in [4.69, 9.17) is 26.9 Å². The lowest BCUT2D eigenvalue weighted by Crippen LogP contribution is -2.15. The Morgan fingerprint density at radius 3 is 2.65 bits per heavy atom. The van der Waals surface area contributed by atoms with Gasteiger partial charge in [0, 0.05) is 27.9 Å². The average molecular weight is 467 g/mol. The molecule has 0 aliphatic carbocycles. The van der Waals surface area contributed by atoms with E-state index < -0.39 is 11.9 Å². The third kappa shape index (κ3) is 4.21. The van der Waals surface area contributed by atoms with Gasteiger partial charge in [-0.3, -0.25) is 9.79 Å². The Kier molecular flexibility index (Phi) is 5.70. The highest BCUT2D eigenvalue weighted by molar-refractivity contribution is 6.30. The third-order valence-corrected chi connectivity index (χ3v) is 5.78. The number of rotatable bonds is 3. The summed E-state index contributed by atoms with van der Waals surface area (Å²) in [4.78, 5) is 21.1. The van der Waals surface area contributed by atoms with Crippen LogP contribution >= 0.6 is 11.6 Å². The van der Waals surface area contributed by atoms with Crippen molar-refractivity contribution in [3.05, 3.63) is 106 Å². The largest absolute Gasteiger partial charge is 0.370 e. The van der Waals surface area contributed by atoms with Crippen LogP contribution < -0.4 is 5.73 Å². The van der Waals surface area contributed by atoms with Crippen molar-refractivity contribution in [2.45, 2.75) is 19.4 Å². The van der Waals surface area contributed by atoms with Gasteiger partial charge in [0.2, 0.25) is 5.91 Å². The number of halogens is 1. The minimum atomic E-state index is -0.602. The minimum absolute atomic E-state index is 0.000942. The van der Waals surface area contributed by atoms with Gasteiger partial charge < -0.3 is 10.3 Å². The van der Waals surface area contributed by atoms with E-state index in [1.54, 1.807) is 6.20 Å². The fourth-order valence-electron chi connectivity index (χ4n) is 4.00. The van der Waals surface area contributed by atoms with Gasteiger partial charge in [-0.25, -0.2) is 4.98 Å². The summed E-state index contributed by atoms with van der Waals surface area (Å²) in [5.41, 5.74) is 11.9. The van der Waals surface area contributed by atoms with Crippen LogP contribution in [0.25, 0.3) is 11.1 Å². The van der Waals surface area contributed by atoms with Gasteiger partial charge in [-0.05, 0) is 54.8 Å². The van der Waals surface area contributed by atoms with Gasteiger partial charge in [-0.15, -0.1) is 0 Å². The number of pyridine rings is 1. The number of carbonyl (C=O) groups excluding carboxylic acids is 1. The Bertz CT molecular complexity index is 1480. The quantitative estimate of drug-likeness (QED) is 0.436. The molecule has 0 radical (unpaired) electrons. The van der Waals surface area contributed by atoms with Crippen LogP contribution in [0.2, 0.25) is 5.02 Å². The Morgan fingerprint density at radius 2 is 1.91 bits per heavy atom. The lowest BCUT2D eigenvalue weighted by molar-refractivity contribution is -0.118. The number of carbonyl (C=O) groups is 1. The maximum absolute atomic E-state index is 11.9. The van der Waals surface area contributed by atoms with Crippen LogP contribution in [-0.4, -0.2) is 21.8 Å². The lowest BCUT2D eigenvalue weighted by atomic mass is 9.91. The van der Waals surface area contributed by atoms with Crippen molar-refractivity contribution >= 4 is 23.2 Å². The van der Waals surface area contributed by atoms with Gasteiger partial charge in [-0.1, -0.05) is 46.9 Å². The van der Waals surface area contributed by atoms with Crippen molar-refractivity contribution in [1.29, 1.82) is 0 Å². The van der Waals surface area contributed by atoms with Crippen LogP contribution in [0.15, 0.2) is 76.4 Å². The van der Waals surface area contributed by atoms with Crippen molar-refractivity contribution in [3.8, 4) is 23.0 Å². The zero-order chi connectivity index (χ0) is 23.7. The Morgan fingerprint density at radius 1 is 1.09 bits per heavy atom. The number of fused-ring (bicyclic) bond motifs is 3. The van der Waals surface area contributed by atoms with Gasteiger partial charge in [-0.2, -0.15) is 0 Å². The molecule has 0 bridgehead atoms. The van der Waals surface area contributed by atoms with Crippen molar-refractivity contribution in [2.24, 2.45) is 10.7 Å². The van der Waals surface area contributed by atoms with E-state index in [9.17, 15) is 4.79 Å². The van der Waals surface area contributed by atoms with Crippen LogP contribution in [-0.2, 0) is 4.79 Å². The molecule has 0 unspecified atom stereocenters. The number of aromatic nitrogens is 2. The van der Waals surface area contributed by atoms with Crippen molar-refractivity contribution in [1.82, 2.24) is 10.1 Å². The van der Waals surface area contributed by atoms with Crippen LogP contribution in [0.5, 0.6) is 0 Å². The molecular weight excluding hydrogens is 448 g/mol. The predicted molar refractivity (Wildman–Crippen MR) is 131 cm³/mol.